The minimum Gasteiger partial charge on any atom is -0.508 e. The molecule has 170 valence electrons. The zero-order valence-corrected chi connectivity index (χ0v) is 17.3. The van der Waals surface area contributed by atoms with Crippen molar-refractivity contribution in [2.24, 2.45) is 0 Å². The molecule has 4 N–H and O–H groups in total. The fourth-order valence-electron chi connectivity index (χ4n) is 6.01. The number of nitrogens with zero attached hydrogens (tertiary/aromatic N) is 1. The van der Waals surface area contributed by atoms with Crippen LogP contribution < -0.4 is 10.6 Å². The SMILES string of the molecule is Cc1ccc(O)cc1C12CCN(CC(F)(F)F)C(C)C1(O)CCC1(C2)NC(=O)NC1=O. The van der Waals surface area contributed by atoms with Crippen molar-refractivity contribution in [3.05, 3.63) is 29.3 Å². The maximum Gasteiger partial charge on any atom is 0.401 e. The maximum atomic E-state index is 13.2. The quantitative estimate of drug-likeness (QED) is 0.527. The van der Waals surface area contributed by atoms with Crippen molar-refractivity contribution in [3.63, 3.8) is 0 Å². The third-order valence-electron chi connectivity index (χ3n) is 7.56. The first-order valence-corrected chi connectivity index (χ1v) is 10.3. The third-order valence-corrected chi connectivity index (χ3v) is 7.56. The molecule has 31 heavy (non-hydrogen) atoms. The molecule has 1 saturated carbocycles. The van der Waals surface area contributed by atoms with E-state index in [2.05, 4.69) is 10.6 Å². The van der Waals surface area contributed by atoms with Crippen LogP contribution in [0, 0.1) is 6.92 Å². The Hall–Kier alpha value is -2.33. The van der Waals surface area contributed by atoms with Crippen molar-refractivity contribution in [1.29, 1.82) is 0 Å². The zero-order valence-electron chi connectivity index (χ0n) is 17.3. The molecule has 0 aromatic heterocycles. The van der Waals surface area contributed by atoms with Gasteiger partial charge in [0.25, 0.3) is 5.91 Å². The molecule has 3 amide bonds. The highest BCUT2D eigenvalue weighted by molar-refractivity contribution is 6.07. The van der Waals surface area contributed by atoms with Gasteiger partial charge in [-0.1, -0.05) is 6.07 Å². The van der Waals surface area contributed by atoms with Crippen molar-refractivity contribution < 1.29 is 33.0 Å². The highest BCUT2D eigenvalue weighted by Crippen LogP contribution is 2.58. The number of phenols is 1. The number of phenolic OH excluding ortho intramolecular Hbond substituents is 1. The van der Waals surface area contributed by atoms with Gasteiger partial charge in [0.1, 0.15) is 11.3 Å². The topological polar surface area (TPSA) is 102 Å². The summed E-state index contributed by atoms with van der Waals surface area (Å²) in [7, 11) is 0. The number of carbonyl (C=O) groups is 2. The fourth-order valence-corrected chi connectivity index (χ4v) is 6.01. The summed E-state index contributed by atoms with van der Waals surface area (Å²) in [4.78, 5) is 25.9. The number of amides is 3. The number of fused-ring (bicyclic) bond motifs is 1. The zero-order chi connectivity index (χ0) is 22.8. The van der Waals surface area contributed by atoms with Gasteiger partial charge in [-0.25, -0.2) is 4.79 Å². The number of benzene rings is 1. The van der Waals surface area contributed by atoms with Crippen LogP contribution >= 0.6 is 0 Å². The van der Waals surface area contributed by atoms with Gasteiger partial charge in [0.05, 0.1) is 12.1 Å². The molecule has 7 nitrogen and oxygen atoms in total. The van der Waals surface area contributed by atoms with Crippen LogP contribution in [-0.2, 0) is 10.2 Å². The van der Waals surface area contributed by atoms with Gasteiger partial charge >= 0.3 is 12.2 Å². The van der Waals surface area contributed by atoms with Crippen molar-refractivity contribution in [2.45, 2.75) is 68.3 Å². The Balaban J connectivity index is 1.85. The van der Waals surface area contributed by atoms with E-state index in [1.165, 1.54) is 17.0 Å². The van der Waals surface area contributed by atoms with Gasteiger partial charge in [0.2, 0.25) is 0 Å². The Morgan fingerprint density at radius 3 is 2.55 bits per heavy atom. The predicted octanol–water partition coefficient (Wildman–Crippen LogP) is 2.09. The van der Waals surface area contributed by atoms with E-state index in [0.29, 0.717) is 5.56 Å². The highest BCUT2D eigenvalue weighted by Gasteiger charge is 2.67. The summed E-state index contributed by atoms with van der Waals surface area (Å²) >= 11 is 0. The summed E-state index contributed by atoms with van der Waals surface area (Å²) in [6.07, 6.45) is -4.13. The number of hydrogen-bond donors (Lipinski definition) is 4. The van der Waals surface area contributed by atoms with Crippen LogP contribution in [0.25, 0.3) is 0 Å². The Morgan fingerprint density at radius 2 is 1.94 bits per heavy atom. The summed E-state index contributed by atoms with van der Waals surface area (Å²) in [5.74, 6) is -0.538. The lowest BCUT2D eigenvalue weighted by Gasteiger charge is -2.62. The number of aromatic hydroxyl groups is 1. The van der Waals surface area contributed by atoms with Gasteiger partial charge in [-0.2, -0.15) is 13.2 Å². The van der Waals surface area contributed by atoms with Crippen molar-refractivity contribution in [3.8, 4) is 5.75 Å². The Labute approximate surface area is 177 Å². The first-order valence-electron chi connectivity index (χ1n) is 10.3. The van der Waals surface area contributed by atoms with E-state index in [1.807, 2.05) is 0 Å². The summed E-state index contributed by atoms with van der Waals surface area (Å²) in [5, 5.41) is 27.1. The van der Waals surface area contributed by atoms with Crippen LogP contribution in [0.15, 0.2) is 18.2 Å². The molecule has 4 unspecified atom stereocenters. The summed E-state index contributed by atoms with van der Waals surface area (Å²) in [6.45, 7) is 2.27. The average Bonchev–Trinajstić information content (AvgIpc) is 2.94. The monoisotopic (exact) mass is 441 g/mol. The average molecular weight is 441 g/mol. The van der Waals surface area contributed by atoms with Crippen molar-refractivity contribution in [1.82, 2.24) is 15.5 Å². The molecule has 1 spiro atoms. The number of rotatable bonds is 2. The van der Waals surface area contributed by atoms with Crippen LogP contribution in [0.3, 0.4) is 0 Å². The van der Waals surface area contributed by atoms with E-state index in [0.717, 1.165) is 5.56 Å². The second-order valence-corrected chi connectivity index (χ2v) is 9.18. The predicted molar refractivity (Wildman–Crippen MR) is 104 cm³/mol. The molecular weight excluding hydrogens is 415 g/mol. The number of alkyl halides is 3. The standard InChI is InChI=1S/C21H26F3N3O4/c1-12-3-4-14(28)9-15(12)18-7-8-27(11-21(22,23)24)13(2)20(18,31)6-5-19(10-18)16(29)25-17(30)26-19/h3-4,9,13,28,31H,5-8,10-11H2,1-2H3,(H2,25,26,29,30). The van der Waals surface area contributed by atoms with Crippen molar-refractivity contribution >= 4 is 11.9 Å². The van der Waals surface area contributed by atoms with E-state index in [9.17, 15) is 33.0 Å². The number of nitrogens with one attached hydrogen (secondary N) is 2. The normalized spacial score (nSPS) is 36.3. The number of likely N-dealkylation sites (tertiary alicyclic amines) is 1. The lowest BCUT2D eigenvalue weighted by molar-refractivity contribution is -0.202. The molecular formula is C21H26F3N3O4. The molecule has 1 aromatic rings. The van der Waals surface area contributed by atoms with Gasteiger partial charge in [0.15, 0.2) is 0 Å². The van der Waals surface area contributed by atoms with E-state index in [-0.39, 0.29) is 38.0 Å². The minimum absolute atomic E-state index is 0.0192. The lowest BCUT2D eigenvalue weighted by atomic mass is 9.49. The number of imide groups is 1. The van der Waals surface area contributed by atoms with Gasteiger partial charge in [0, 0.05) is 11.5 Å². The number of carbonyl (C=O) groups excluding carboxylic acids is 2. The van der Waals surface area contributed by atoms with Gasteiger partial charge in [-0.3, -0.25) is 15.0 Å². The molecule has 2 heterocycles. The number of aryl methyl sites for hydroxylation is 1. The molecule has 1 aliphatic carbocycles. The molecule has 10 heteroatoms. The van der Waals surface area contributed by atoms with Gasteiger partial charge in [-0.15, -0.1) is 0 Å². The Morgan fingerprint density at radius 1 is 1.23 bits per heavy atom. The maximum absolute atomic E-state index is 13.2. The summed E-state index contributed by atoms with van der Waals surface area (Å²) in [5.41, 5.74) is -2.66. The summed E-state index contributed by atoms with van der Waals surface area (Å²) < 4.78 is 39.5. The lowest BCUT2D eigenvalue weighted by Crippen LogP contribution is -2.74. The molecule has 2 aliphatic heterocycles. The number of halogens is 3. The molecule has 0 bridgehead atoms. The first kappa shape index (κ1) is 21.9. The molecule has 2 saturated heterocycles. The van der Waals surface area contributed by atoms with Crippen molar-refractivity contribution in [2.75, 3.05) is 13.1 Å². The Kier molecular flexibility index (Phi) is 4.82. The Bertz CT molecular complexity index is 939. The van der Waals surface area contributed by atoms with Crippen LogP contribution in [0.1, 0.15) is 43.7 Å². The van der Waals surface area contributed by atoms with Crippen LogP contribution in [0.5, 0.6) is 5.75 Å². The van der Waals surface area contributed by atoms with E-state index >= 15 is 0 Å². The van der Waals surface area contributed by atoms with Gasteiger partial charge < -0.3 is 15.5 Å². The number of hydrogen-bond acceptors (Lipinski definition) is 5. The minimum atomic E-state index is -4.42. The smallest absolute Gasteiger partial charge is 0.401 e. The van der Waals surface area contributed by atoms with Crippen LogP contribution in [0.2, 0.25) is 0 Å². The second-order valence-electron chi connectivity index (χ2n) is 9.18. The van der Waals surface area contributed by atoms with Crippen LogP contribution in [0.4, 0.5) is 18.0 Å². The molecule has 4 rings (SSSR count). The largest absolute Gasteiger partial charge is 0.508 e. The molecule has 0 radical (unpaired) electrons. The number of piperidine rings is 1. The highest BCUT2D eigenvalue weighted by atomic mass is 19.4. The fraction of sp³-hybridized carbons (Fsp3) is 0.619. The van der Waals surface area contributed by atoms with Gasteiger partial charge in [-0.05, 0) is 69.3 Å². The number of urea groups is 1. The second kappa shape index (κ2) is 6.83. The third kappa shape index (κ3) is 3.27. The number of aliphatic hydroxyl groups is 1. The van der Waals surface area contributed by atoms with E-state index in [1.54, 1.807) is 19.9 Å². The molecule has 3 aliphatic rings. The first-order chi connectivity index (χ1) is 14.3. The van der Waals surface area contributed by atoms with E-state index < -0.39 is 47.3 Å². The molecule has 1 aromatic carbocycles. The van der Waals surface area contributed by atoms with E-state index in [4.69, 9.17) is 0 Å². The molecule has 3 fully saturated rings. The van der Waals surface area contributed by atoms with Crippen LogP contribution in [-0.4, -0.2) is 63.5 Å². The summed E-state index contributed by atoms with van der Waals surface area (Å²) in [6, 6.07) is 3.21. The molecule has 4 atom stereocenters.